The van der Waals surface area contributed by atoms with Crippen LogP contribution in [0.3, 0.4) is 0 Å². The second-order valence-electron chi connectivity index (χ2n) is 3.25. The molecule has 0 atom stereocenters. The Hall–Kier alpha value is -1.55. The first kappa shape index (κ1) is 9.98. The molecule has 3 nitrogen and oxygen atoms in total. The lowest BCUT2D eigenvalue weighted by Crippen LogP contribution is -1.99. The normalized spacial score (nSPS) is 10.5. The van der Waals surface area contributed by atoms with E-state index in [0.29, 0.717) is 5.75 Å². The van der Waals surface area contributed by atoms with E-state index in [4.69, 9.17) is 9.84 Å². The molecule has 1 N–H and O–H groups in total. The molecule has 1 aromatic heterocycles. The molecule has 4 heteroatoms. The van der Waals surface area contributed by atoms with Crippen LogP contribution in [0.4, 0.5) is 0 Å². The smallest absolute Gasteiger partial charge is 0.339 e. The van der Waals surface area contributed by atoms with E-state index >= 15 is 0 Å². The number of carbonyl (C=O) groups is 1. The van der Waals surface area contributed by atoms with Crippen molar-refractivity contribution in [3.63, 3.8) is 0 Å². The Morgan fingerprint density at radius 2 is 2.13 bits per heavy atom. The summed E-state index contributed by atoms with van der Waals surface area (Å²) in [6.07, 6.45) is 0. The van der Waals surface area contributed by atoms with Gasteiger partial charge in [-0.15, -0.1) is 11.3 Å². The largest absolute Gasteiger partial charge is 0.496 e. The molecule has 78 valence electrons. The highest BCUT2D eigenvalue weighted by Crippen LogP contribution is 2.31. The van der Waals surface area contributed by atoms with Gasteiger partial charge in [-0.2, -0.15) is 0 Å². The van der Waals surface area contributed by atoms with Gasteiger partial charge in [0.1, 0.15) is 11.3 Å². The fourth-order valence-corrected chi connectivity index (χ4v) is 2.47. The van der Waals surface area contributed by atoms with Crippen LogP contribution in [0.1, 0.15) is 15.2 Å². The number of carboxylic acid groups (broad SMARTS) is 1. The maximum atomic E-state index is 11.0. The summed E-state index contributed by atoms with van der Waals surface area (Å²) in [6.45, 7) is 2.00. The molecule has 0 spiro atoms. The predicted molar refractivity (Wildman–Crippen MR) is 60.1 cm³/mol. The molecular weight excluding hydrogens is 212 g/mol. The zero-order valence-corrected chi connectivity index (χ0v) is 9.22. The van der Waals surface area contributed by atoms with Gasteiger partial charge in [-0.1, -0.05) is 0 Å². The second kappa shape index (κ2) is 3.55. The Morgan fingerprint density at radius 1 is 1.40 bits per heavy atom. The third-order valence-electron chi connectivity index (χ3n) is 2.19. The summed E-state index contributed by atoms with van der Waals surface area (Å²) in [5.41, 5.74) is 0.211. The molecule has 2 rings (SSSR count). The van der Waals surface area contributed by atoms with Crippen LogP contribution >= 0.6 is 11.3 Å². The van der Waals surface area contributed by atoms with E-state index in [0.717, 1.165) is 15.0 Å². The Morgan fingerprint density at radius 3 is 2.73 bits per heavy atom. The van der Waals surface area contributed by atoms with E-state index in [2.05, 4.69) is 0 Å². The molecule has 0 bridgehead atoms. The van der Waals surface area contributed by atoms with Crippen molar-refractivity contribution >= 4 is 27.4 Å². The minimum atomic E-state index is -0.961. The number of benzene rings is 1. The highest BCUT2D eigenvalue weighted by atomic mass is 32.1. The quantitative estimate of drug-likeness (QED) is 0.849. The Kier molecular flexibility index (Phi) is 2.36. The molecule has 1 heterocycles. The van der Waals surface area contributed by atoms with Gasteiger partial charge in [0.05, 0.1) is 7.11 Å². The lowest BCUT2D eigenvalue weighted by molar-refractivity contribution is 0.0693. The number of aromatic carboxylic acids is 1. The summed E-state index contributed by atoms with van der Waals surface area (Å²) in [6, 6.07) is 5.41. The minimum absolute atomic E-state index is 0.211. The molecule has 0 fully saturated rings. The molecule has 1 aromatic carbocycles. The third kappa shape index (κ3) is 1.68. The number of hydrogen-bond donors (Lipinski definition) is 1. The fourth-order valence-electron chi connectivity index (χ4n) is 1.54. The lowest BCUT2D eigenvalue weighted by Gasteiger charge is -2.04. The van der Waals surface area contributed by atoms with E-state index in [1.807, 2.05) is 13.0 Å². The maximum Gasteiger partial charge on any atom is 0.339 e. The molecule has 0 saturated heterocycles. The molecular formula is C11H10O3S. The second-order valence-corrected chi connectivity index (χ2v) is 4.54. The Labute approximate surface area is 90.9 Å². The number of carboxylic acids is 1. The van der Waals surface area contributed by atoms with Crippen LogP contribution in [0.5, 0.6) is 5.75 Å². The van der Waals surface area contributed by atoms with Crippen molar-refractivity contribution in [1.82, 2.24) is 0 Å². The topological polar surface area (TPSA) is 46.5 Å². The summed E-state index contributed by atoms with van der Waals surface area (Å²) in [7, 11) is 1.48. The van der Waals surface area contributed by atoms with E-state index in [9.17, 15) is 4.79 Å². The first-order chi connectivity index (χ1) is 7.11. The standard InChI is InChI=1S/C11H10O3S/c1-6-3-7-4-8(11(12)13)9(14-2)5-10(7)15-6/h3-5H,1-2H3,(H,12,13). The first-order valence-corrected chi connectivity index (χ1v) is 5.25. The van der Waals surface area contributed by atoms with Crippen LogP contribution in [0.2, 0.25) is 0 Å². The van der Waals surface area contributed by atoms with Gasteiger partial charge in [-0.05, 0) is 30.5 Å². The van der Waals surface area contributed by atoms with Crippen molar-refractivity contribution in [2.24, 2.45) is 0 Å². The predicted octanol–water partition coefficient (Wildman–Crippen LogP) is 2.92. The number of fused-ring (bicyclic) bond motifs is 1. The van der Waals surface area contributed by atoms with Crippen LogP contribution in [0.15, 0.2) is 18.2 Å². The molecule has 0 radical (unpaired) electrons. The number of thiophene rings is 1. The molecule has 0 aliphatic rings. The SMILES string of the molecule is COc1cc2sc(C)cc2cc1C(=O)O. The summed E-state index contributed by atoms with van der Waals surface area (Å²) < 4.78 is 6.10. The lowest BCUT2D eigenvalue weighted by atomic mass is 10.1. The summed E-state index contributed by atoms with van der Waals surface area (Å²) >= 11 is 1.63. The van der Waals surface area contributed by atoms with Crippen LogP contribution in [-0.2, 0) is 0 Å². The number of aryl methyl sites for hydroxylation is 1. The maximum absolute atomic E-state index is 11.0. The zero-order chi connectivity index (χ0) is 11.0. The van der Waals surface area contributed by atoms with Crippen molar-refractivity contribution in [1.29, 1.82) is 0 Å². The molecule has 0 unspecified atom stereocenters. The molecule has 2 aromatic rings. The van der Waals surface area contributed by atoms with Gasteiger partial charge in [-0.3, -0.25) is 0 Å². The van der Waals surface area contributed by atoms with Crippen molar-refractivity contribution in [2.45, 2.75) is 6.92 Å². The summed E-state index contributed by atoms with van der Waals surface area (Å²) in [5.74, 6) is -0.547. The van der Waals surface area contributed by atoms with Gasteiger partial charge >= 0.3 is 5.97 Å². The van der Waals surface area contributed by atoms with E-state index in [1.54, 1.807) is 23.5 Å². The first-order valence-electron chi connectivity index (χ1n) is 4.43. The number of hydrogen-bond acceptors (Lipinski definition) is 3. The van der Waals surface area contributed by atoms with Crippen molar-refractivity contribution in [2.75, 3.05) is 7.11 Å². The van der Waals surface area contributed by atoms with Crippen molar-refractivity contribution < 1.29 is 14.6 Å². The number of rotatable bonds is 2. The third-order valence-corrected chi connectivity index (χ3v) is 3.21. The molecule has 0 aliphatic carbocycles. The number of methoxy groups -OCH3 is 1. The fraction of sp³-hybridized carbons (Fsp3) is 0.182. The van der Waals surface area contributed by atoms with Gasteiger partial charge in [0, 0.05) is 9.58 Å². The Balaban J connectivity index is 2.73. The number of ether oxygens (including phenoxy) is 1. The molecule has 15 heavy (non-hydrogen) atoms. The van der Waals surface area contributed by atoms with E-state index in [-0.39, 0.29) is 5.56 Å². The van der Waals surface area contributed by atoms with Crippen molar-refractivity contribution in [3.8, 4) is 5.75 Å². The van der Waals surface area contributed by atoms with Crippen LogP contribution < -0.4 is 4.74 Å². The summed E-state index contributed by atoms with van der Waals surface area (Å²) in [4.78, 5) is 12.1. The van der Waals surface area contributed by atoms with Gasteiger partial charge in [0.2, 0.25) is 0 Å². The molecule has 0 saturated carbocycles. The van der Waals surface area contributed by atoms with Gasteiger partial charge in [0.25, 0.3) is 0 Å². The minimum Gasteiger partial charge on any atom is -0.496 e. The average Bonchev–Trinajstić information content (AvgIpc) is 2.54. The molecule has 0 amide bonds. The van der Waals surface area contributed by atoms with E-state index in [1.165, 1.54) is 7.11 Å². The highest BCUT2D eigenvalue weighted by Gasteiger charge is 2.13. The van der Waals surface area contributed by atoms with Crippen LogP contribution in [0.25, 0.3) is 10.1 Å². The van der Waals surface area contributed by atoms with E-state index < -0.39 is 5.97 Å². The van der Waals surface area contributed by atoms with Gasteiger partial charge in [0.15, 0.2) is 0 Å². The Bertz CT molecular complexity index is 528. The summed E-state index contributed by atoms with van der Waals surface area (Å²) in [5, 5.41) is 9.94. The average molecular weight is 222 g/mol. The molecule has 0 aliphatic heterocycles. The van der Waals surface area contributed by atoms with Crippen LogP contribution in [-0.4, -0.2) is 18.2 Å². The van der Waals surface area contributed by atoms with Gasteiger partial charge < -0.3 is 9.84 Å². The zero-order valence-electron chi connectivity index (χ0n) is 8.40. The van der Waals surface area contributed by atoms with Crippen molar-refractivity contribution in [3.05, 3.63) is 28.6 Å². The van der Waals surface area contributed by atoms with Crippen LogP contribution in [0, 0.1) is 6.92 Å². The van der Waals surface area contributed by atoms with Gasteiger partial charge in [-0.25, -0.2) is 4.79 Å². The highest BCUT2D eigenvalue weighted by molar-refractivity contribution is 7.19. The monoisotopic (exact) mass is 222 g/mol.